The van der Waals surface area contributed by atoms with Crippen LogP contribution in [0.5, 0.6) is 0 Å². The van der Waals surface area contributed by atoms with Gasteiger partial charge in [-0.1, -0.05) is 31.9 Å². The number of carbonyl (C=O) groups is 2. The highest BCUT2D eigenvalue weighted by Gasteiger charge is 2.27. The van der Waals surface area contributed by atoms with Crippen molar-refractivity contribution in [1.29, 1.82) is 0 Å². The van der Waals surface area contributed by atoms with E-state index in [1.54, 1.807) is 13.8 Å². The Kier molecular flexibility index (Phi) is 6.44. The Morgan fingerprint density at radius 1 is 1.48 bits per heavy atom. The molecule has 0 saturated heterocycles. The number of nitrogens with one attached hydrogen (secondary N) is 1. The number of hydrogen-bond donors (Lipinski definition) is 2. The number of carboxylic acid groups (broad SMARTS) is 1. The van der Waals surface area contributed by atoms with Crippen LogP contribution in [0.15, 0.2) is 12.1 Å². The first-order valence-electron chi connectivity index (χ1n) is 6.81. The standard InChI is InChI=1S/C14H16ClFN2O5/c1-3-7(2)13(14(20)21)17-12(19)5-8-4-10(16)9(15)6-11(8)18(22)23/h4,6-7,13H,3,5H2,1-2H3,(H,17,19)(H,20,21)/t7-,13-/m0/s1. The third-order valence-electron chi connectivity index (χ3n) is 3.46. The first-order chi connectivity index (χ1) is 10.7. The largest absolute Gasteiger partial charge is 0.480 e. The average molecular weight is 347 g/mol. The fourth-order valence-corrected chi connectivity index (χ4v) is 2.13. The topological polar surface area (TPSA) is 110 Å². The van der Waals surface area contributed by atoms with Gasteiger partial charge in [0.15, 0.2) is 0 Å². The quantitative estimate of drug-likeness (QED) is 0.582. The predicted octanol–water partition coefficient (Wildman–Crippen LogP) is 2.55. The van der Waals surface area contributed by atoms with E-state index in [0.29, 0.717) is 6.42 Å². The smallest absolute Gasteiger partial charge is 0.326 e. The Labute approximate surface area is 136 Å². The highest BCUT2D eigenvalue weighted by atomic mass is 35.5. The van der Waals surface area contributed by atoms with Crippen LogP contribution in [0, 0.1) is 21.8 Å². The van der Waals surface area contributed by atoms with E-state index in [2.05, 4.69) is 5.32 Å². The number of rotatable bonds is 7. The Morgan fingerprint density at radius 3 is 2.57 bits per heavy atom. The average Bonchev–Trinajstić information content (AvgIpc) is 2.46. The molecule has 0 aliphatic heterocycles. The molecular weight excluding hydrogens is 331 g/mol. The molecule has 23 heavy (non-hydrogen) atoms. The molecule has 1 aromatic carbocycles. The molecule has 1 amide bonds. The van der Waals surface area contributed by atoms with Crippen LogP contribution < -0.4 is 5.32 Å². The molecule has 0 aliphatic carbocycles. The van der Waals surface area contributed by atoms with Gasteiger partial charge in [-0.05, 0) is 12.0 Å². The summed E-state index contributed by atoms with van der Waals surface area (Å²) in [4.78, 5) is 33.3. The number of nitro groups is 1. The van der Waals surface area contributed by atoms with Crippen LogP contribution in [0.25, 0.3) is 0 Å². The maximum absolute atomic E-state index is 13.5. The van der Waals surface area contributed by atoms with Crippen molar-refractivity contribution in [3.8, 4) is 0 Å². The van der Waals surface area contributed by atoms with Gasteiger partial charge >= 0.3 is 5.97 Å². The van der Waals surface area contributed by atoms with Gasteiger partial charge in [0.05, 0.1) is 16.4 Å². The van der Waals surface area contributed by atoms with E-state index in [1.807, 2.05) is 0 Å². The number of carbonyl (C=O) groups excluding carboxylic acids is 1. The fourth-order valence-electron chi connectivity index (χ4n) is 1.97. The SMILES string of the molecule is CC[C@H](C)[C@H](NC(=O)Cc1cc(F)c(Cl)cc1[N+](=O)[O-])C(=O)O. The molecule has 0 aromatic heterocycles. The second-order valence-corrected chi connectivity index (χ2v) is 5.51. The molecule has 2 N–H and O–H groups in total. The molecule has 2 atom stereocenters. The maximum atomic E-state index is 13.5. The van der Waals surface area contributed by atoms with Gasteiger partial charge in [0.25, 0.3) is 5.69 Å². The zero-order valence-electron chi connectivity index (χ0n) is 12.5. The second kappa shape index (κ2) is 7.87. The summed E-state index contributed by atoms with van der Waals surface area (Å²) in [6.07, 6.45) is -0.00240. The van der Waals surface area contributed by atoms with Gasteiger partial charge in [-0.25, -0.2) is 9.18 Å². The second-order valence-electron chi connectivity index (χ2n) is 5.10. The summed E-state index contributed by atoms with van der Waals surface area (Å²) in [6.45, 7) is 3.43. The summed E-state index contributed by atoms with van der Waals surface area (Å²) in [5, 5.41) is 21.9. The molecule has 0 radical (unpaired) electrons. The van der Waals surface area contributed by atoms with Gasteiger partial charge in [-0.15, -0.1) is 0 Å². The number of hydrogen-bond acceptors (Lipinski definition) is 4. The minimum atomic E-state index is -1.20. The van der Waals surface area contributed by atoms with E-state index in [0.717, 1.165) is 12.1 Å². The molecule has 0 spiro atoms. The zero-order chi connectivity index (χ0) is 17.7. The number of carboxylic acids is 1. The van der Waals surface area contributed by atoms with Gasteiger partial charge in [-0.3, -0.25) is 14.9 Å². The number of amides is 1. The Balaban J connectivity index is 2.99. The van der Waals surface area contributed by atoms with E-state index < -0.39 is 45.8 Å². The van der Waals surface area contributed by atoms with Crippen molar-refractivity contribution in [3.63, 3.8) is 0 Å². The highest BCUT2D eigenvalue weighted by Crippen LogP contribution is 2.26. The number of nitro benzene ring substituents is 1. The Hall–Kier alpha value is -2.22. The fraction of sp³-hybridized carbons (Fsp3) is 0.429. The third kappa shape index (κ3) is 4.88. The molecular formula is C14H16ClFN2O5. The van der Waals surface area contributed by atoms with Gasteiger partial charge in [-0.2, -0.15) is 0 Å². The van der Waals surface area contributed by atoms with Crippen molar-refractivity contribution in [3.05, 3.63) is 38.7 Å². The molecule has 126 valence electrons. The van der Waals surface area contributed by atoms with Crippen molar-refractivity contribution in [2.45, 2.75) is 32.7 Å². The van der Waals surface area contributed by atoms with Crippen LogP contribution in [0.1, 0.15) is 25.8 Å². The van der Waals surface area contributed by atoms with Gasteiger partial charge in [0.2, 0.25) is 5.91 Å². The summed E-state index contributed by atoms with van der Waals surface area (Å²) in [5.41, 5.74) is -0.676. The molecule has 0 aliphatic rings. The lowest BCUT2D eigenvalue weighted by atomic mass is 9.99. The summed E-state index contributed by atoms with van der Waals surface area (Å²) in [6, 6.07) is 0.505. The van der Waals surface area contributed by atoms with E-state index in [1.165, 1.54) is 0 Å². The van der Waals surface area contributed by atoms with Gasteiger partial charge in [0, 0.05) is 11.6 Å². The predicted molar refractivity (Wildman–Crippen MR) is 80.8 cm³/mol. The van der Waals surface area contributed by atoms with Crippen molar-refractivity contribution in [2.24, 2.45) is 5.92 Å². The van der Waals surface area contributed by atoms with Crippen molar-refractivity contribution in [1.82, 2.24) is 5.32 Å². The van der Waals surface area contributed by atoms with Crippen LogP contribution in [-0.4, -0.2) is 27.9 Å². The summed E-state index contributed by atoms with van der Waals surface area (Å²) >= 11 is 5.49. The van der Waals surface area contributed by atoms with Crippen LogP contribution in [0.2, 0.25) is 5.02 Å². The molecule has 0 heterocycles. The van der Waals surface area contributed by atoms with E-state index >= 15 is 0 Å². The number of benzene rings is 1. The maximum Gasteiger partial charge on any atom is 0.326 e. The molecule has 0 fully saturated rings. The molecule has 7 nitrogen and oxygen atoms in total. The Bertz CT molecular complexity index is 638. The van der Waals surface area contributed by atoms with Crippen molar-refractivity contribution >= 4 is 29.2 Å². The van der Waals surface area contributed by atoms with Gasteiger partial charge < -0.3 is 10.4 Å². The number of halogens is 2. The minimum absolute atomic E-state index is 0.178. The minimum Gasteiger partial charge on any atom is -0.480 e. The molecule has 1 rings (SSSR count). The van der Waals surface area contributed by atoms with Crippen LogP contribution in [0.4, 0.5) is 10.1 Å². The lowest BCUT2D eigenvalue weighted by Crippen LogP contribution is -2.45. The Morgan fingerprint density at radius 2 is 2.09 bits per heavy atom. The summed E-state index contributed by atoms with van der Waals surface area (Å²) < 4.78 is 13.5. The molecule has 0 bridgehead atoms. The first-order valence-corrected chi connectivity index (χ1v) is 7.19. The van der Waals surface area contributed by atoms with Crippen LogP contribution >= 0.6 is 11.6 Å². The third-order valence-corrected chi connectivity index (χ3v) is 3.75. The van der Waals surface area contributed by atoms with Crippen molar-refractivity contribution < 1.29 is 24.0 Å². The molecule has 9 heteroatoms. The lowest BCUT2D eigenvalue weighted by molar-refractivity contribution is -0.385. The lowest BCUT2D eigenvalue weighted by Gasteiger charge is -2.20. The van der Waals surface area contributed by atoms with Gasteiger partial charge in [0.1, 0.15) is 11.9 Å². The monoisotopic (exact) mass is 346 g/mol. The van der Waals surface area contributed by atoms with E-state index in [-0.39, 0.29) is 11.5 Å². The highest BCUT2D eigenvalue weighted by molar-refractivity contribution is 6.31. The first kappa shape index (κ1) is 18.8. The number of nitrogens with zero attached hydrogens (tertiary/aromatic N) is 1. The van der Waals surface area contributed by atoms with Crippen LogP contribution in [0.3, 0.4) is 0 Å². The molecule has 1 aromatic rings. The molecule has 0 unspecified atom stereocenters. The number of aliphatic carboxylic acids is 1. The van der Waals surface area contributed by atoms with E-state index in [4.69, 9.17) is 16.7 Å². The normalized spacial score (nSPS) is 13.2. The summed E-state index contributed by atoms with van der Waals surface area (Å²) in [5.74, 6) is -3.17. The van der Waals surface area contributed by atoms with Crippen molar-refractivity contribution in [2.75, 3.05) is 0 Å². The summed E-state index contributed by atoms with van der Waals surface area (Å²) in [7, 11) is 0. The molecule has 0 saturated carbocycles. The zero-order valence-corrected chi connectivity index (χ0v) is 13.3. The van der Waals surface area contributed by atoms with E-state index in [9.17, 15) is 24.1 Å². The van der Waals surface area contributed by atoms with Crippen LogP contribution in [-0.2, 0) is 16.0 Å².